The largest absolute Gasteiger partial charge is 0.385 e. The molecule has 5 nitrogen and oxygen atoms in total. The lowest BCUT2D eigenvalue weighted by atomic mass is 10.2. The van der Waals surface area contributed by atoms with Crippen molar-refractivity contribution in [3.63, 3.8) is 0 Å². The summed E-state index contributed by atoms with van der Waals surface area (Å²) in [4.78, 5) is 11.6. The number of hydrogen-bond donors (Lipinski definition) is 2. The van der Waals surface area contributed by atoms with Gasteiger partial charge in [-0.25, -0.2) is 12.8 Å². The van der Waals surface area contributed by atoms with Gasteiger partial charge in [-0.05, 0) is 30.7 Å². The molecule has 1 heterocycles. The number of benzene rings is 1. The Labute approximate surface area is 117 Å². The maximum Gasteiger partial charge on any atom is 0.222 e. The summed E-state index contributed by atoms with van der Waals surface area (Å²) in [5, 5.41) is 5.71. The van der Waals surface area contributed by atoms with Crippen LogP contribution in [-0.4, -0.2) is 38.4 Å². The van der Waals surface area contributed by atoms with Crippen molar-refractivity contribution in [2.45, 2.75) is 18.9 Å². The topological polar surface area (TPSA) is 75.3 Å². The molecule has 1 aliphatic rings. The monoisotopic (exact) mass is 300 g/mol. The number of rotatable bonds is 5. The Morgan fingerprint density at radius 3 is 2.60 bits per heavy atom. The zero-order valence-corrected chi connectivity index (χ0v) is 11.7. The second kappa shape index (κ2) is 6.21. The van der Waals surface area contributed by atoms with Gasteiger partial charge in [0.1, 0.15) is 5.82 Å². The van der Waals surface area contributed by atoms with Crippen molar-refractivity contribution in [3.8, 4) is 0 Å². The van der Waals surface area contributed by atoms with Crippen LogP contribution in [0.5, 0.6) is 0 Å². The van der Waals surface area contributed by atoms with Crippen LogP contribution < -0.4 is 10.6 Å². The molecule has 0 saturated carbocycles. The van der Waals surface area contributed by atoms with Gasteiger partial charge in [0, 0.05) is 24.7 Å². The van der Waals surface area contributed by atoms with E-state index in [1.54, 1.807) is 12.1 Å². The molecule has 2 rings (SSSR count). The zero-order valence-electron chi connectivity index (χ0n) is 10.9. The van der Waals surface area contributed by atoms with Crippen LogP contribution in [-0.2, 0) is 14.6 Å². The average Bonchev–Trinajstić information content (AvgIpc) is 2.71. The van der Waals surface area contributed by atoms with Gasteiger partial charge in [0.15, 0.2) is 9.84 Å². The third-order valence-corrected chi connectivity index (χ3v) is 4.89. The van der Waals surface area contributed by atoms with Crippen LogP contribution in [0.15, 0.2) is 24.3 Å². The predicted molar refractivity (Wildman–Crippen MR) is 74.7 cm³/mol. The third kappa shape index (κ3) is 4.48. The summed E-state index contributed by atoms with van der Waals surface area (Å²) < 4.78 is 35.2. The molecular weight excluding hydrogens is 283 g/mol. The molecule has 1 amide bonds. The molecule has 0 aromatic heterocycles. The lowest BCUT2D eigenvalue weighted by Gasteiger charge is -2.11. The van der Waals surface area contributed by atoms with E-state index in [0.29, 0.717) is 13.0 Å². The standard InChI is InChI=1S/C13H17FN2O3S/c14-10-1-3-11(4-2-10)15-7-5-13(17)16-12-6-8-20(18,19)9-12/h1-4,12,15H,5-9H2,(H,16,17). The number of sulfone groups is 1. The number of amides is 1. The molecule has 0 bridgehead atoms. The molecule has 0 aliphatic carbocycles. The van der Waals surface area contributed by atoms with Gasteiger partial charge in [-0.2, -0.15) is 0 Å². The summed E-state index contributed by atoms with van der Waals surface area (Å²) in [6, 6.07) is 5.60. The highest BCUT2D eigenvalue weighted by molar-refractivity contribution is 7.91. The van der Waals surface area contributed by atoms with Crippen molar-refractivity contribution in [2.24, 2.45) is 0 Å². The maximum absolute atomic E-state index is 12.7. The highest BCUT2D eigenvalue weighted by atomic mass is 32.2. The fraction of sp³-hybridized carbons (Fsp3) is 0.462. The van der Waals surface area contributed by atoms with E-state index in [1.165, 1.54) is 12.1 Å². The fourth-order valence-electron chi connectivity index (χ4n) is 2.10. The number of carbonyl (C=O) groups excluding carboxylic acids is 1. The lowest BCUT2D eigenvalue weighted by molar-refractivity contribution is -0.121. The van der Waals surface area contributed by atoms with E-state index in [2.05, 4.69) is 10.6 Å². The summed E-state index contributed by atoms with van der Waals surface area (Å²) in [5.74, 6) is -0.312. The van der Waals surface area contributed by atoms with Gasteiger partial charge in [-0.1, -0.05) is 0 Å². The summed E-state index contributed by atoms with van der Waals surface area (Å²) in [7, 11) is -2.97. The van der Waals surface area contributed by atoms with Crippen molar-refractivity contribution in [3.05, 3.63) is 30.1 Å². The van der Waals surface area contributed by atoms with Crippen molar-refractivity contribution in [1.82, 2.24) is 5.32 Å². The van der Waals surface area contributed by atoms with Crippen molar-refractivity contribution < 1.29 is 17.6 Å². The first-order chi connectivity index (χ1) is 9.44. The number of carbonyl (C=O) groups is 1. The molecule has 1 aromatic rings. The second-order valence-corrected chi connectivity index (χ2v) is 7.08. The minimum atomic E-state index is -2.97. The molecule has 7 heteroatoms. The second-order valence-electron chi connectivity index (χ2n) is 4.85. The quantitative estimate of drug-likeness (QED) is 0.848. The number of halogens is 1. The van der Waals surface area contributed by atoms with E-state index in [1.807, 2.05) is 0 Å². The Hall–Kier alpha value is -1.63. The summed E-state index contributed by atoms with van der Waals surface area (Å²) in [5.41, 5.74) is 0.739. The summed E-state index contributed by atoms with van der Waals surface area (Å²) >= 11 is 0. The first-order valence-corrected chi connectivity index (χ1v) is 8.26. The highest BCUT2D eigenvalue weighted by Gasteiger charge is 2.28. The first kappa shape index (κ1) is 14.8. The molecular formula is C13H17FN2O3S. The van der Waals surface area contributed by atoms with Gasteiger partial charge in [0.25, 0.3) is 0 Å². The molecule has 1 aromatic carbocycles. The molecule has 110 valence electrons. The molecule has 1 aliphatic heterocycles. The van der Waals surface area contributed by atoms with E-state index in [0.717, 1.165) is 5.69 Å². The average molecular weight is 300 g/mol. The summed E-state index contributed by atoms with van der Waals surface area (Å²) in [6.45, 7) is 0.414. The Balaban J connectivity index is 1.69. The van der Waals surface area contributed by atoms with Crippen LogP contribution in [0.2, 0.25) is 0 Å². The highest BCUT2D eigenvalue weighted by Crippen LogP contribution is 2.11. The minimum absolute atomic E-state index is 0.0319. The minimum Gasteiger partial charge on any atom is -0.385 e. The molecule has 2 N–H and O–H groups in total. The zero-order chi connectivity index (χ0) is 14.6. The fourth-order valence-corrected chi connectivity index (χ4v) is 3.77. The molecule has 0 spiro atoms. The summed E-state index contributed by atoms with van der Waals surface area (Å²) in [6.07, 6.45) is 0.730. The van der Waals surface area contributed by atoms with Gasteiger partial charge in [-0.15, -0.1) is 0 Å². The molecule has 1 unspecified atom stereocenters. The maximum atomic E-state index is 12.7. The Kier molecular flexibility index (Phi) is 4.59. The smallest absolute Gasteiger partial charge is 0.222 e. The molecule has 1 saturated heterocycles. The molecule has 1 atom stereocenters. The number of anilines is 1. The van der Waals surface area contributed by atoms with E-state index in [-0.39, 0.29) is 35.7 Å². The lowest BCUT2D eigenvalue weighted by Crippen LogP contribution is -2.36. The van der Waals surface area contributed by atoms with Gasteiger partial charge >= 0.3 is 0 Å². The van der Waals surface area contributed by atoms with Gasteiger partial charge in [0.2, 0.25) is 5.91 Å². The normalized spacial score (nSPS) is 20.6. The number of nitrogens with one attached hydrogen (secondary N) is 2. The van der Waals surface area contributed by atoms with Crippen LogP contribution in [0.3, 0.4) is 0 Å². The first-order valence-electron chi connectivity index (χ1n) is 6.44. The number of hydrogen-bond acceptors (Lipinski definition) is 4. The molecule has 1 fully saturated rings. The predicted octanol–water partition coefficient (Wildman–Crippen LogP) is 0.931. The SMILES string of the molecule is O=C(CCNc1ccc(F)cc1)NC1CCS(=O)(=O)C1. The van der Waals surface area contributed by atoms with Crippen molar-refractivity contribution in [2.75, 3.05) is 23.4 Å². The third-order valence-electron chi connectivity index (χ3n) is 3.12. The van der Waals surface area contributed by atoms with E-state index >= 15 is 0 Å². The van der Waals surface area contributed by atoms with Crippen LogP contribution >= 0.6 is 0 Å². The van der Waals surface area contributed by atoms with Gasteiger partial charge < -0.3 is 10.6 Å². The molecule has 20 heavy (non-hydrogen) atoms. The van der Waals surface area contributed by atoms with Crippen molar-refractivity contribution in [1.29, 1.82) is 0 Å². The van der Waals surface area contributed by atoms with E-state index < -0.39 is 9.84 Å². The van der Waals surface area contributed by atoms with Gasteiger partial charge in [0.05, 0.1) is 11.5 Å². The van der Waals surface area contributed by atoms with Crippen LogP contribution in [0, 0.1) is 5.82 Å². The van der Waals surface area contributed by atoms with Crippen LogP contribution in [0.25, 0.3) is 0 Å². The Bertz CT molecular complexity index is 572. The van der Waals surface area contributed by atoms with Crippen molar-refractivity contribution >= 4 is 21.4 Å². The Morgan fingerprint density at radius 2 is 2.00 bits per heavy atom. The van der Waals surface area contributed by atoms with E-state index in [4.69, 9.17) is 0 Å². The van der Waals surface area contributed by atoms with E-state index in [9.17, 15) is 17.6 Å². The Morgan fingerprint density at radius 1 is 1.30 bits per heavy atom. The molecule has 0 radical (unpaired) electrons. The van der Waals surface area contributed by atoms with Gasteiger partial charge in [-0.3, -0.25) is 4.79 Å². The van der Waals surface area contributed by atoms with Crippen LogP contribution in [0.4, 0.5) is 10.1 Å². The van der Waals surface area contributed by atoms with Crippen LogP contribution in [0.1, 0.15) is 12.8 Å².